The fourth-order valence-electron chi connectivity index (χ4n) is 10.6. The fraction of sp³-hybridized carbons (Fsp3) is 0.185. The molecule has 298 valence electrons. The van der Waals surface area contributed by atoms with Crippen molar-refractivity contribution in [1.29, 1.82) is 0 Å². The van der Waals surface area contributed by atoms with Crippen LogP contribution in [0.25, 0.3) is 67.1 Å². The summed E-state index contributed by atoms with van der Waals surface area (Å²) < 4.78 is 12.8. The second-order valence-electron chi connectivity index (χ2n) is 17.0. The number of allylic oxidation sites excluding steroid dienone is 2. The predicted molar refractivity (Wildman–Crippen MR) is 255 cm³/mol. The molecule has 10 rings (SSSR count). The van der Waals surface area contributed by atoms with Crippen LogP contribution in [0.3, 0.4) is 0 Å². The van der Waals surface area contributed by atoms with Crippen molar-refractivity contribution in [2.75, 3.05) is 0 Å². The van der Waals surface area contributed by atoms with Gasteiger partial charge in [-0.3, -0.25) is 0 Å². The van der Waals surface area contributed by atoms with E-state index in [-0.39, 0.29) is 7.25 Å². The number of fused-ring (bicyclic) bond motifs is 4. The minimum atomic E-state index is -5.47. The molecule has 0 saturated heterocycles. The molecule has 2 aromatic heterocycles. The zero-order valence-corrected chi connectivity index (χ0v) is 40.0. The summed E-state index contributed by atoms with van der Waals surface area (Å²) in [5.41, 5.74) is 13.2. The average molecular weight is 919 g/mol. The number of benzene rings is 6. The van der Waals surface area contributed by atoms with Gasteiger partial charge in [-0.25, -0.2) is 0 Å². The Balaban J connectivity index is 1.30. The average Bonchev–Trinajstić information content (AvgIpc) is 4.07. The maximum absolute atomic E-state index is 9.09. The van der Waals surface area contributed by atoms with E-state index in [9.17, 15) is 0 Å². The van der Waals surface area contributed by atoms with E-state index < -0.39 is 20.4 Å². The maximum atomic E-state index is 9.09. The van der Waals surface area contributed by atoms with Crippen LogP contribution in [0.1, 0.15) is 77.5 Å². The summed E-state index contributed by atoms with van der Waals surface area (Å²) in [5, 5.41) is 4.93. The van der Waals surface area contributed by atoms with E-state index in [1.54, 1.807) is 0 Å². The monoisotopic (exact) mass is 916 g/mol. The fourth-order valence-corrected chi connectivity index (χ4v) is 38.3. The van der Waals surface area contributed by atoms with E-state index in [1.807, 2.05) is 13.8 Å². The summed E-state index contributed by atoms with van der Waals surface area (Å²) in [6.07, 6.45) is 6.59. The topological polar surface area (TPSA) is 26.3 Å². The van der Waals surface area contributed by atoms with Gasteiger partial charge in [0.05, 0.1) is 0 Å². The number of halogens is 2. The van der Waals surface area contributed by atoms with E-state index in [4.69, 9.17) is 25.9 Å². The molecule has 2 atom stereocenters. The van der Waals surface area contributed by atoms with Crippen molar-refractivity contribution in [3.05, 3.63) is 190 Å². The van der Waals surface area contributed by atoms with Crippen molar-refractivity contribution in [3.8, 4) is 22.3 Å². The molecular formula is C54H48Cl2O2SiZr. The molecule has 2 aliphatic carbocycles. The Labute approximate surface area is 361 Å². The third kappa shape index (κ3) is 5.96. The Morgan fingerprint density at radius 2 is 0.933 bits per heavy atom. The second-order valence-corrected chi connectivity index (χ2v) is 55.8. The van der Waals surface area contributed by atoms with E-state index >= 15 is 0 Å². The molecule has 6 aromatic carbocycles. The van der Waals surface area contributed by atoms with Gasteiger partial charge in [0.15, 0.2) is 0 Å². The zero-order chi connectivity index (χ0) is 41.5. The first kappa shape index (κ1) is 39.7. The summed E-state index contributed by atoms with van der Waals surface area (Å²) in [4.78, 5) is 0. The molecule has 2 nitrogen and oxygen atoms in total. The van der Waals surface area contributed by atoms with Gasteiger partial charge >= 0.3 is 364 Å². The van der Waals surface area contributed by atoms with Crippen LogP contribution in [0.5, 0.6) is 0 Å². The molecule has 60 heavy (non-hydrogen) atoms. The van der Waals surface area contributed by atoms with Crippen LogP contribution in [0, 0.1) is 13.8 Å². The molecular weight excluding hydrogens is 871 g/mol. The van der Waals surface area contributed by atoms with Crippen LogP contribution in [-0.4, -0.2) is 5.43 Å². The van der Waals surface area contributed by atoms with Crippen molar-refractivity contribution in [2.45, 2.75) is 60.9 Å². The van der Waals surface area contributed by atoms with Gasteiger partial charge in [-0.1, -0.05) is 0 Å². The first-order chi connectivity index (χ1) is 29.0. The standard InChI is InChI=1S/2C26H21O.C2H6Si.2ClH.Zr/c2*1-3-18-12-13-20-15-21(25-14-11-17(2)27-25)16-24(20)26(18)23-10-6-8-19-7-4-5-9-22(19)23;1-3-2;;;/h2*4-16H,3H2,1-2H3;1-2H3;2*1H;/q;;;;;+2/p-2. The normalized spacial score (nSPS) is 16.3. The quantitative estimate of drug-likeness (QED) is 0.142. The molecule has 0 saturated carbocycles. The van der Waals surface area contributed by atoms with Crippen molar-refractivity contribution in [3.63, 3.8) is 0 Å². The second kappa shape index (κ2) is 14.9. The summed E-state index contributed by atoms with van der Waals surface area (Å²) in [6, 6.07) is 48.6. The molecule has 6 heteroatoms. The van der Waals surface area contributed by atoms with Gasteiger partial charge < -0.3 is 0 Å². The van der Waals surface area contributed by atoms with Crippen LogP contribution in [0.4, 0.5) is 0 Å². The summed E-state index contributed by atoms with van der Waals surface area (Å²) in [7, 11) is 18.2. The van der Waals surface area contributed by atoms with Gasteiger partial charge in [-0.2, -0.15) is 0 Å². The first-order valence-electron chi connectivity index (χ1n) is 21.2. The molecule has 8 aromatic rings. The van der Waals surface area contributed by atoms with Crippen LogP contribution in [-0.2, 0) is 27.9 Å². The Morgan fingerprint density at radius 1 is 0.517 bits per heavy atom. The number of rotatable bonds is 8. The number of hydrogen-bond acceptors (Lipinski definition) is 2. The van der Waals surface area contributed by atoms with Gasteiger partial charge in [0.1, 0.15) is 0 Å². The van der Waals surface area contributed by atoms with Crippen molar-refractivity contribution >= 4 is 67.3 Å². The number of aryl methyl sites for hydroxylation is 4. The van der Waals surface area contributed by atoms with E-state index in [0.29, 0.717) is 0 Å². The molecule has 2 aliphatic rings. The van der Waals surface area contributed by atoms with E-state index in [1.165, 1.54) is 77.2 Å². The number of hydrogen-bond donors (Lipinski definition) is 0. The Kier molecular flexibility index (Phi) is 9.84. The predicted octanol–water partition coefficient (Wildman–Crippen LogP) is 16.4. The van der Waals surface area contributed by atoms with Crippen LogP contribution < -0.4 is 0 Å². The molecule has 0 spiro atoms. The van der Waals surface area contributed by atoms with Gasteiger partial charge in [-0.05, 0) is 0 Å². The minimum absolute atomic E-state index is 0.249. The summed E-state index contributed by atoms with van der Waals surface area (Å²) in [5.74, 6) is 3.42. The Hall–Kier alpha value is -4.44. The molecule has 0 radical (unpaired) electrons. The van der Waals surface area contributed by atoms with Crippen molar-refractivity contribution in [2.24, 2.45) is 0 Å². The van der Waals surface area contributed by atoms with E-state index in [2.05, 4.69) is 173 Å². The van der Waals surface area contributed by atoms with Crippen LogP contribution >= 0.6 is 17.0 Å². The zero-order valence-electron chi connectivity index (χ0n) is 35.0. The molecule has 0 bridgehead atoms. The van der Waals surface area contributed by atoms with Crippen molar-refractivity contribution in [1.82, 2.24) is 0 Å². The van der Waals surface area contributed by atoms with E-state index in [0.717, 1.165) is 47.0 Å². The van der Waals surface area contributed by atoms with Gasteiger partial charge in [0, 0.05) is 0 Å². The van der Waals surface area contributed by atoms with Crippen LogP contribution in [0.15, 0.2) is 142 Å². The van der Waals surface area contributed by atoms with Gasteiger partial charge in [0.25, 0.3) is 0 Å². The Morgan fingerprint density at radius 3 is 1.32 bits per heavy atom. The Bertz CT molecular complexity index is 2990. The molecule has 0 fully saturated rings. The number of furan rings is 2. The van der Waals surface area contributed by atoms with Crippen LogP contribution in [0.2, 0.25) is 13.1 Å². The SMILES string of the molecule is CCc1ccc2c(c1-c1cccc3ccccc13)C=C(c1ccc(C)o1)[CH]2[Zr]([Cl])([Cl])([CH]1C(c2ccc(C)o2)=Cc2c1ccc(CC)c2-c1cccc2ccccc12)=[Si](C)C. The molecule has 0 aliphatic heterocycles. The summed E-state index contributed by atoms with van der Waals surface area (Å²) in [6.45, 7) is 13.3. The summed E-state index contributed by atoms with van der Waals surface area (Å²) >= 11 is -5.47. The molecule has 0 amide bonds. The third-order valence-corrected chi connectivity index (χ3v) is 59.8. The molecule has 0 N–H and O–H groups in total. The van der Waals surface area contributed by atoms with Crippen molar-refractivity contribution < 1.29 is 23.8 Å². The molecule has 2 unspecified atom stereocenters. The third-order valence-electron chi connectivity index (χ3n) is 13.5. The molecule has 2 heterocycles. The van der Waals surface area contributed by atoms with Gasteiger partial charge in [-0.15, -0.1) is 0 Å². The van der Waals surface area contributed by atoms with Gasteiger partial charge in [0.2, 0.25) is 0 Å². The first-order valence-corrected chi connectivity index (χ1v) is 36.6.